The summed E-state index contributed by atoms with van der Waals surface area (Å²) in [6, 6.07) is 14.3. The monoisotopic (exact) mass is 392 g/mol. The van der Waals surface area contributed by atoms with Crippen LogP contribution in [0.3, 0.4) is 0 Å². The zero-order valence-corrected chi connectivity index (χ0v) is 18.3. The van der Waals surface area contributed by atoms with Crippen LogP contribution < -0.4 is 4.90 Å². The highest BCUT2D eigenvalue weighted by atomic mass is 15.3. The third-order valence-corrected chi connectivity index (χ3v) is 6.89. The molecule has 0 N–H and O–H groups in total. The van der Waals surface area contributed by atoms with Gasteiger partial charge >= 0.3 is 0 Å². The van der Waals surface area contributed by atoms with E-state index < -0.39 is 0 Å². The minimum atomic E-state index is 0.607. The van der Waals surface area contributed by atoms with E-state index in [-0.39, 0.29) is 0 Å². The van der Waals surface area contributed by atoms with Crippen molar-refractivity contribution in [2.75, 3.05) is 24.5 Å². The van der Waals surface area contributed by atoms with Gasteiger partial charge in [-0.25, -0.2) is 0 Å². The molecule has 0 bridgehead atoms. The number of hydrogen-bond acceptors (Lipinski definition) is 4. The van der Waals surface area contributed by atoms with E-state index in [2.05, 4.69) is 70.2 Å². The predicted molar refractivity (Wildman–Crippen MR) is 120 cm³/mol. The SMILES string of the molecule is Cc1ccc(N2CCC(C3CCCCN3Cc3ccc(C(C)C)cc3)CC2)nn1. The Labute approximate surface area is 176 Å². The molecular weight excluding hydrogens is 356 g/mol. The van der Waals surface area contributed by atoms with E-state index >= 15 is 0 Å². The van der Waals surface area contributed by atoms with Crippen LogP contribution >= 0.6 is 0 Å². The molecule has 29 heavy (non-hydrogen) atoms. The van der Waals surface area contributed by atoms with E-state index in [0.717, 1.165) is 43.1 Å². The standard InChI is InChI=1S/C25H36N4/c1-19(2)22-10-8-21(9-11-22)18-29-15-5-4-6-24(29)23-13-16-28(17-14-23)25-12-7-20(3)26-27-25/h7-12,19,23-24H,4-6,13-18H2,1-3H3. The Balaban J connectivity index is 1.37. The molecule has 2 aliphatic heterocycles. The lowest BCUT2D eigenvalue weighted by atomic mass is 9.83. The quantitative estimate of drug-likeness (QED) is 0.702. The second kappa shape index (κ2) is 9.25. The molecule has 1 aromatic carbocycles. The molecule has 0 radical (unpaired) electrons. The van der Waals surface area contributed by atoms with Crippen LogP contribution in [0.5, 0.6) is 0 Å². The smallest absolute Gasteiger partial charge is 0.151 e. The van der Waals surface area contributed by atoms with Gasteiger partial charge in [-0.3, -0.25) is 4.90 Å². The summed E-state index contributed by atoms with van der Waals surface area (Å²) in [5.41, 5.74) is 3.90. The summed E-state index contributed by atoms with van der Waals surface area (Å²) >= 11 is 0. The lowest BCUT2D eigenvalue weighted by molar-refractivity contribution is 0.0806. The molecule has 0 saturated carbocycles. The van der Waals surface area contributed by atoms with Gasteiger partial charge in [0, 0.05) is 25.7 Å². The van der Waals surface area contributed by atoms with Crippen molar-refractivity contribution in [1.82, 2.24) is 15.1 Å². The van der Waals surface area contributed by atoms with Gasteiger partial charge in [0.25, 0.3) is 0 Å². The van der Waals surface area contributed by atoms with Crippen LogP contribution in [0.4, 0.5) is 5.82 Å². The number of aryl methyl sites for hydroxylation is 1. The van der Waals surface area contributed by atoms with Crippen LogP contribution in [0.2, 0.25) is 0 Å². The average Bonchev–Trinajstić information content (AvgIpc) is 2.75. The molecule has 156 valence electrons. The average molecular weight is 393 g/mol. The first-order valence-electron chi connectivity index (χ1n) is 11.5. The Morgan fingerprint density at radius 1 is 0.897 bits per heavy atom. The highest BCUT2D eigenvalue weighted by Gasteiger charge is 2.32. The number of rotatable bonds is 5. The maximum absolute atomic E-state index is 4.40. The highest BCUT2D eigenvalue weighted by molar-refractivity contribution is 5.37. The molecule has 2 aromatic rings. The van der Waals surface area contributed by atoms with Crippen molar-refractivity contribution in [3.8, 4) is 0 Å². The molecule has 0 amide bonds. The Morgan fingerprint density at radius 2 is 1.66 bits per heavy atom. The lowest BCUT2D eigenvalue weighted by Crippen LogP contribution is -2.47. The molecule has 0 spiro atoms. The summed E-state index contributed by atoms with van der Waals surface area (Å²) in [6.45, 7) is 11.1. The molecule has 1 unspecified atom stereocenters. The van der Waals surface area contributed by atoms with Gasteiger partial charge in [-0.1, -0.05) is 44.5 Å². The number of anilines is 1. The molecule has 3 heterocycles. The van der Waals surface area contributed by atoms with Crippen molar-refractivity contribution in [3.05, 3.63) is 53.2 Å². The van der Waals surface area contributed by atoms with Crippen molar-refractivity contribution in [2.24, 2.45) is 5.92 Å². The Morgan fingerprint density at radius 3 is 2.31 bits per heavy atom. The fourth-order valence-corrected chi connectivity index (χ4v) is 5.06. The number of nitrogens with zero attached hydrogens (tertiary/aromatic N) is 4. The molecule has 4 heteroatoms. The zero-order valence-electron chi connectivity index (χ0n) is 18.3. The molecule has 4 rings (SSSR count). The van der Waals surface area contributed by atoms with Crippen molar-refractivity contribution in [1.29, 1.82) is 0 Å². The fraction of sp³-hybridized carbons (Fsp3) is 0.600. The van der Waals surface area contributed by atoms with Crippen molar-refractivity contribution < 1.29 is 0 Å². The van der Waals surface area contributed by atoms with Gasteiger partial charge in [-0.2, -0.15) is 5.10 Å². The number of aromatic nitrogens is 2. The Bertz CT molecular complexity index is 760. The van der Waals surface area contributed by atoms with Gasteiger partial charge in [-0.15, -0.1) is 5.10 Å². The zero-order chi connectivity index (χ0) is 20.2. The normalized spacial score (nSPS) is 21.7. The first-order valence-corrected chi connectivity index (χ1v) is 11.5. The van der Waals surface area contributed by atoms with Gasteiger partial charge in [0.05, 0.1) is 5.69 Å². The van der Waals surface area contributed by atoms with Gasteiger partial charge in [-0.05, 0) is 74.2 Å². The molecular formula is C25H36N4. The van der Waals surface area contributed by atoms with Crippen LogP contribution in [0.25, 0.3) is 0 Å². The molecule has 2 saturated heterocycles. The minimum absolute atomic E-state index is 0.607. The summed E-state index contributed by atoms with van der Waals surface area (Å²) in [6.07, 6.45) is 6.63. The Hall–Kier alpha value is -1.94. The van der Waals surface area contributed by atoms with Crippen LogP contribution in [0.15, 0.2) is 36.4 Å². The minimum Gasteiger partial charge on any atom is -0.355 e. The lowest BCUT2D eigenvalue weighted by Gasteiger charge is -2.44. The number of likely N-dealkylation sites (tertiary alicyclic amines) is 1. The maximum atomic E-state index is 4.40. The van der Waals surface area contributed by atoms with E-state index in [1.54, 1.807) is 0 Å². The van der Waals surface area contributed by atoms with Crippen LogP contribution in [-0.4, -0.2) is 40.8 Å². The fourth-order valence-electron chi connectivity index (χ4n) is 5.06. The van der Waals surface area contributed by atoms with Crippen LogP contribution in [0, 0.1) is 12.8 Å². The second-order valence-corrected chi connectivity index (χ2v) is 9.29. The summed E-state index contributed by atoms with van der Waals surface area (Å²) < 4.78 is 0. The summed E-state index contributed by atoms with van der Waals surface area (Å²) in [5.74, 6) is 2.45. The van der Waals surface area contributed by atoms with Crippen LogP contribution in [0.1, 0.15) is 68.7 Å². The highest BCUT2D eigenvalue weighted by Crippen LogP contribution is 2.32. The first-order chi connectivity index (χ1) is 14.1. The molecule has 1 atom stereocenters. The summed E-state index contributed by atoms with van der Waals surface area (Å²) in [5, 5.41) is 8.63. The van der Waals surface area contributed by atoms with Crippen molar-refractivity contribution in [3.63, 3.8) is 0 Å². The van der Waals surface area contributed by atoms with Crippen molar-refractivity contribution in [2.45, 2.75) is 71.4 Å². The third kappa shape index (κ3) is 4.98. The first kappa shape index (κ1) is 20.3. The molecule has 0 aliphatic carbocycles. The van der Waals surface area contributed by atoms with Crippen LogP contribution in [-0.2, 0) is 6.54 Å². The number of benzene rings is 1. The molecule has 2 aliphatic rings. The van der Waals surface area contributed by atoms with Gasteiger partial charge in [0.2, 0.25) is 0 Å². The summed E-state index contributed by atoms with van der Waals surface area (Å²) in [7, 11) is 0. The summed E-state index contributed by atoms with van der Waals surface area (Å²) in [4.78, 5) is 5.20. The maximum Gasteiger partial charge on any atom is 0.151 e. The van der Waals surface area contributed by atoms with E-state index in [0.29, 0.717) is 5.92 Å². The number of hydrogen-bond donors (Lipinski definition) is 0. The topological polar surface area (TPSA) is 32.3 Å². The van der Waals surface area contributed by atoms with Gasteiger partial charge in [0.15, 0.2) is 5.82 Å². The van der Waals surface area contributed by atoms with Crippen molar-refractivity contribution >= 4 is 5.82 Å². The third-order valence-electron chi connectivity index (χ3n) is 6.89. The molecule has 1 aromatic heterocycles. The molecule has 4 nitrogen and oxygen atoms in total. The van der Waals surface area contributed by atoms with Gasteiger partial charge in [0.1, 0.15) is 0 Å². The Kier molecular flexibility index (Phi) is 6.49. The van der Waals surface area contributed by atoms with E-state index in [1.165, 1.54) is 49.8 Å². The van der Waals surface area contributed by atoms with Gasteiger partial charge < -0.3 is 4.90 Å². The predicted octanol–water partition coefficient (Wildman–Crippen LogP) is 5.18. The second-order valence-electron chi connectivity index (χ2n) is 9.29. The van der Waals surface area contributed by atoms with E-state index in [9.17, 15) is 0 Å². The number of piperidine rings is 2. The van der Waals surface area contributed by atoms with E-state index in [4.69, 9.17) is 0 Å². The largest absolute Gasteiger partial charge is 0.355 e. The van der Waals surface area contributed by atoms with E-state index in [1.807, 2.05) is 6.92 Å². The molecule has 2 fully saturated rings.